The van der Waals surface area contributed by atoms with Gasteiger partial charge < -0.3 is 10.5 Å². The van der Waals surface area contributed by atoms with Gasteiger partial charge in [0, 0.05) is 6.61 Å². The van der Waals surface area contributed by atoms with Gasteiger partial charge in [-0.25, -0.2) is 0 Å². The lowest BCUT2D eigenvalue weighted by Crippen LogP contribution is -2.31. The summed E-state index contributed by atoms with van der Waals surface area (Å²) in [6.07, 6.45) is 16.9. The zero-order valence-electron chi connectivity index (χ0n) is 12.0. The van der Waals surface area contributed by atoms with Crippen LogP contribution in [0.2, 0.25) is 0 Å². The average molecular weight is 253 g/mol. The minimum absolute atomic E-state index is 0.471. The quantitative estimate of drug-likeness (QED) is 0.803. The number of nitrogens with two attached hydrogens (primary N) is 1. The van der Waals surface area contributed by atoms with E-state index < -0.39 is 0 Å². The van der Waals surface area contributed by atoms with Gasteiger partial charge in [-0.3, -0.25) is 0 Å². The minimum atomic E-state index is 0.471. The fraction of sp³-hybridized carbons (Fsp3) is 1.00. The van der Waals surface area contributed by atoms with Gasteiger partial charge in [-0.1, -0.05) is 38.5 Å². The summed E-state index contributed by atoms with van der Waals surface area (Å²) in [5.74, 6) is 0. The largest absolute Gasteiger partial charge is 0.378 e. The van der Waals surface area contributed by atoms with Gasteiger partial charge in [0.25, 0.3) is 0 Å². The zero-order chi connectivity index (χ0) is 12.7. The van der Waals surface area contributed by atoms with Crippen molar-refractivity contribution in [2.75, 3.05) is 13.2 Å². The van der Waals surface area contributed by atoms with Crippen molar-refractivity contribution < 1.29 is 4.74 Å². The molecule has 0 radical (unpaired) electrons. The summed E-state index contributed by atoms with van der Waals surface area (Å²) in [5, 5.41) is 0. The van der Waals surface area contributed by atoms with Crippen LogP contribution in [0.4, 0.5) is 0 Å². The SMILES string of the molecule is NCC1(CCCC2CCCO2)CCCCCCC1. The Hall–Kier alpha value is -0.0800. The minimum Gasteiger partial charge on any atom is -0.378 e. The molecule has 1 saturated heterocycles. The second kappa shape index (κ2) is 7.49. The van der Waals surface area contributed by atoms with Crippen molar-refractivity contribution in [2.45, 2.75) is 83.2 Å². The maximum Gasteiger partial charge on any atom is 0.0576 e. The van der Waals surface area contributed by atoms with Crippen LogP contribution in [0.3, 0.4) is 0 Å². The number of hydrogen-bond donors (Lipinski definition) is 1. The van der Waals surface area contributed by atoms with E-state index in [4.69, 9.17) is 10.5 Å². The number of ether oxygens (including phenoxy) is 1. The molecule has 18 heavy (non-hydrogen) atoms. The van der Waals surface area contributed by atoms with Gasteiger partial charge >= 0.3 is 0 Å². The molecule has 1 aliphatic heterocycles. The molecule has 1 saturated carbocycles. The highest BCUT2D eigenvalue weighted by molar-refractivity contribution is 4.82. The van der Waals surface area contributed by atoms with E-state index >= 15 is 0 Å². The fourth-order valence-electron chi connectivity index (χ4n) is 3.79. The molecule has 0 spiro atoms. The van der Waals surface area contributed by atoms with Crippen molar-refractivity contribution in [3.05, 3.63) is 0 Å². The van der Waals surface area contributed by atoms with Crippen LogP contribution in [-0.4, -0.2) is 19.3 Å². The summed E-state index contributed by atoms with van der Waals surface area (Å²) in [7, 11) is 0. The first-order chi connectivity index (χ1) is 8.85. The molecule has 1 atom stereocenters. The van der Waals surface area contributed by atoms with Crippen molar-refractivity contribution in [2.24, 2.45) is 11.1 Å². The Morgan fingerprint density at radius 1 is 1.00 bits per heavy atom. The van der Waals surface area contributed by atoms with E-state index in [2.05, 4.69) is 0 Å². The molecule has 2 nitrogen and oxygen atoms in total. The lowest BCUT2D eigenvalue weighted by atomic mass is 9.73. The molecule has 2 heteroatoms. The van der Waals surface area contributed by atoms with Crippen molar-refractivity contribution in [3.8, 4) is 0 Å². The molecule has 0 bridgehead atoms. The predicted octanol–water partition coefficient (Wildman–Crippen LogP) is 4.03. The van der Waals surface area contributed by atoms with E-state index in [-0.39, 0.29) is 0 Å². The highest BCUT2D eigenvalue weighted by Gasteiger charge is 2.28. The van der Waals surface area contributed by atoms with Crippen LogP contribution < -0.4 is 5.73 Å². The van der Waals surface area contributed by atoms with E-state index in [1.54, 1.807) is 0 Å². The smallest absolute Gasteiger partial charge is 0.0576 e. The molecule has 0 aromatic heterocycles. The molecule has 1 heterocycles. The highest BCUT2D eigenvalue weighted by atomic mass is 16.5. The van der Waals surface area contributed by atoms with Crippen LogP contribution in [0, 0.1) is 5.41 Å². The summed E-state index contributed by atoms with van der Waals surface area (Å²) in [5.41, 5.74) is 6.59. The fourth-order valence-corrected chi connectivity index (χ4v) is 3.79. The summed E-state index contributed by atoms with van der Waals surface area (Å²) in [6, 6.07) is 0. The van der Waals surface area contributed by atoms with Gasteiger partial charge in [-0.2, -0.15) is 0 Å². The first-order valence-corrected chi connectivity index (χ1v) is 8.16. The van der Waals surface area contributed by atoms with Gasteiger partial charge in [-0.05, 0) is 50.5 Å². The molecule has 0 aromatic rings. The van der Waals surface area contributed by atoms with E-state index in [9.17, 15) is 0 Å². The Labute approximate surface area is 113 Å². The molecule has 106 valence electrons. The molecular formula is C16H31NO. The van der Waals surface area contributed by atoms with E-state index in [0.717, 1.165) is 13.2 Å². The summed E-state index contributed by atoms with van der Waals surface area (Å²) in [4.78, 5) is 0. The zero-order valence-corrected chi connectivity index (χ0v) is 12.0. The third-order valence-corrected chi connectivity index (χ3v) is 5.10. The van der Waals surface area contributed by atoms with Crippen molar-refractivity contribution in [1.29, 1.82) is 0 Å². The Morgan fingerprint density at radius 2 is 1.72 bits per heavy atom. The van der Waals surface area contributed by atoms with Gasteiger partial charge in [0.1, 0.15) is 0 Å². The second-order valence-corrected chi connectivity index (χ2v) is 6.50. The Kier molecular flexibility index (Phi) is 5.97. The standard InChI is InChI=1S/C16H31NO/c17-14-16(10-4-2-1-3-5-11-16)12-6-8-15-9-7-13-18-15/h15H,1-14,17H2. The Bertz CT molecular complexity index is 215. The normalized spacial score (nSPS) is 28.8. The van der Waals surface area contributed by atoms with Crippen LogP contribution in [0.25, 0.3) is 0 Å². The predicted molar refractivity (Wildman–Crippen MR) is 76.6 cm³/mol. The third kappa shape index (κ3) is 4.24. The molecule has 0 amide bonds. The topological polar surface area (TPSA) is 35.2 Å². The number of hydrogen-bond acceptors (Lipinski definition) is 2. The monoisotopic (exact) mass is 253 g/mol. The van der Waals surface area contributed by atoms with E-state index in [0.29, 0.717) is 11.5 Å². The van der Waals surface area contributed by atoms with E-state index in [1.807, 2.05) is 0 Å². The maximum atomic E-state index is 6.12. The third-order valence-electron chi connectivity index (χ3n) is 5.10. The lowest BCUT2D eigenvalue weighted by molar-refractivity contribution is 0.0950. The van der Waals surface area contributed by atoms with Crippen LogP contribution in [0.15, 0.2) is 0 Å². The van der Waals surface area contributed by atoms with Gasteiger partial charge in [0.15, 0.2) is 0 Å². The summed E-state index contributed by atoms with van der Waals surface area (Å²) >= 11 is 0. The Balaban J connectivity index is 1.74. The van der Waals surface area contributed by atoms with Gasteiger partial charge in [0.05, 0.1) is 6.10 Å². The molecule has 1 aliphatic carbocycles. The van der Waals surface area contributed by atoms with Crippen molar-refractivity contribution >= 4 is 0 Å². The van der Waals surface area contributed by atoms with Gasteiger partial charge in [0.2, 0.25) is 0 Å². The second-order valence-electron chi connectivity index (χ2n) is 6.50. The first kappa shape index (κ1) is 14.3. The molecular weight excluding hydrogens is 222 g/mol. The Morgan fingerprint density at radius 3 is 2.33 bits per heavy atom. The maximum absolute atomic E-state index is 6.12. The van der Waals surface area contributed by atoms with Crippen molar-refractivity contribution in [3.63, 3.8) is 0 Å². The lowest BCUT2D eigenvalue weighted by Gasteiger charge is -2.34. The molecule has 0 aromatic carbocycles. The van der Waals surface area contributed by atoms with Crippen LogP contribution in [0.1, 0.15) is 77.0 Å². The van der Waals surface area contributed by atoms with Crippen LogP contribution >= 0.6 is 0 Å². The van der Waals surface area contributed by atoms with Crippen molar-refractivity contribution in [1.82, 2.24) is 0 Å². The molecule has 1 unspecified atom stereocenters. The molecule has 2 N–H and O–H groups in total. The highest BCUT2D eigenvalue weighted by Crippen LogP contribution is 2.38. The van der Waals surface area contributed by atoms with Crippen LogP contribution in [0.5, 0.6) is 0 Å². The molecule has 2 aliphatic rings. The summed E-state index contributed by atoms with van der Waals surface area (Å²) < 4.78 is 5.72. The first-order valence-electron chi connectivity index (χ1n) is 8.16. The molecule has 2 rings (SSSR count). The molecule has 2 fully saturated rings. The average Bonchev–Trinajstić information content (AvgIpc) is 2.85. The number of rotatable bonds is 5. The van der Waals surface area contributed by atoms with Crippen LogP contribution in [-0.2, 0) is 4.74 Å². The van der Waals surface area contributed by atoms with Gasteiger partial charge in [-0.15, -0.1) is 0 Å². The summed E-state index contributed by atoms with van der Waals surface area (Å²) in [6.45, 7) is 1.89. The van der Waals surface area contributed by atoms with E-state index in [1.165, 1.54) is 77.0 Å².